The van der Waals surface area contributed by atoms with Gasteiger partial charge in [-0.25, -0.2) is 0 Å². The topological polar surface area (TPSA) is 110 Å². The number of primary amides is 1. The van der Waals surface area contributed by atoms with E-state index in [4.69, 9.17) is 5.73 Å². The van der Waals surface area contributed by atoms with Gasteiger partial charge in [-0.3, -0.25) is 9.59 Å². The lowest BCUT2D eigenvalue weighted by atomic mass is 10.1. The van der Waals surface area contributed by atoms with E-state index < -0.39 is 17.4 Å². The maximum atomic E-state index is 11.8. The lowest BCUT2D eigenvalue weighted by molar-refractivity contribution is -0.122. The minimum Gasteiger partial charge on any atom is -0.369 e. The second kappa shape index (κ2) is 5.44. The second-order valence-corrected chi connectivity index (χ2v) is 4.28. The molecule has 0 bridgehead atoms. The summed E-state index contributed by atoms with van der Waals surface area (Å²) in [4.78, 5) is 22.9. The van der Waals surface area contributed by atoms with Gasteiger partial charge in [0, 0.05) is 6.54 Å². The van der Waals surface area contributed by atoms with Gasteiger partial charge in [0.05, 0.1) is 0 Å². The van der Waals surface area contributed by atoms with Gasteiger partial charge in [-0.1, -0.05) is 0 Å². The van der Waals surface area contributed by atoms with Gasteiger partial charge >= 0.3 is 0 Å². The molecule has 1 aromatic rings. The molecule has 7 nitrogen and oxygen atoms in total. The largest absolute Gasteiger partial charge is 0.369 e. The maximum Gasteiger partial charge on any atom is 0.272 e. The molecule has 0 saturated heterocycles. The third-order valence-corrected chi connectivity index (χ3v) is 2.30. The van der Waals surface area contributed by atoms with Gasteiger partial charge in [-0.15, -0.1) is 10.2 Å². The first-order chi connectivity index (χ1) is 8.36. The van der Waals surface area contributed by atoms with E-state index in [-0.39, 0.29) is 5.69 Å². The fraction of sp³-hybridized carbons (Fsp3) is 0.455. The number of rotatable bonds is 5. The number of hydrogen-bond donors (Lipinski definition) is 3. The summed E-state index contributed by atoms with van der Waals surface area (Å²) in [6, 6.07) is 3.17. The van der Waals surface area contributed by atoms with Gasteiger partial charge < -0.3 is 16.4 Å². The number of nitrogens with two attached hydrogens (primary N) is 1. The van der Waals surface area contributed by atoms with E-state index in [1.54, 1.807) is 6.07 Å². The number of anilines is 1. The molecule has 2 amide bonds. The Labute approximate surface area is 105 Å². The van der Waals surface area contributed by atoms with E-state index in [9.17, 15) is 9.59 Å². The van der Waals surface area contributed by atoms with Crippen molar-refractivity contribution < 1.29 is 9.59 Å². The molecule has 1 rings (SSSR count). The molecular weight excluding hydrogens is 234 g/mol. The van der Waals surface area contributed by atoms with Crippen molar-refractivity contribution in [2.75, 3.05) is 11.9 Å². The van der Waals surface area contributed by atoms with Crippen LogP contribution < -0.4 is 16.4 Å². The average molecular weight is 251 g/mol. The third-order valence-electron chi connectivity index (χ3n) is 2.30. The van der Waals surface area contributed by atoms with E-state index in [1.807, 2.05) is 6.92 Å². The van der Waals surface area contributed by atoms with Crippen molar-refractivity contribution in [3.05, 3.63) is 17.8 Å². The minimum absolute atomic E-state index is 0.131. The van der Waals surface area contributed by atoms with Gasteiger partial charge in [-0.2, -0.15) is 0 Å². The quantitative estimate of drug-likeness (QED) is 0.677. The summed E-state index contributed by atoms with van der Waals surface area (Å²) < 4.78 is 0. The minimum atomic E-state index is -1.13. The fourth-order valence-corrected chi connectivity index (χ4v) is 1.14. The van der Waals surface area contributed by atoms with Crippen LogP contribution in [0.4, 0.5) is 5.82 Å². The molecule has 98 valence electrons. The Morgan fingerprint density at radius 1 is 1.33 bits per heavy atom. The van der Waals surface area contributed by atoms with Crippen molar-refractivity contribution in [3.63, 3.8) is 0 Å². The Bertz CT molecular complexity index is 441. The summed E-state index contributed by atoms with van der Waals surface area (Å²) in [6.07, 6.45) is 0. The Balaban J connectivity index is 2.76. The first kappa shape index (κ1) is 13.9. The molecule has 0 saturated carbocycles. The predicted octanol–water partition coefficient (Wildman–Crippen LogP) is -0.0979. The molecular formula is C11H17N5O2. The summed E-state index contributed by atoms with van der Waals surface area (Å²) in [7, 11) is 0. The zero-order valence-corrected chi connectivity index (χ0v) is 10.7. The highest BCUT2D eigenvalue weighted by atomic mass is 16.2. The van der Waals surface area contributed by atoms with E-state index in [1.165, 1.54) is 19.9 Å². The van der Waals surface area contributed by atoms with Crippen LogP contribution >= 0.6 is 0 Å². The van der Waals surface area contributed by atoms with Crippen LogP contribution in [0, 0.1) is 0 Å². The van der Waals surface area contributed by atoms with Crippen LogP contribution in [0.5, 0.6) is 0 Å². The molecule has 0 unspecified atom stereocenters. The SMILES string of the molecule is CCNc1ccc(C(=O)NC(C)(C)C(N)=O)nn1. The van der Waals surface area contributed by atoms with Crippen LogP contribution in [0.2, 0.25) is 0 Å². The number of aromatic nitrogens is 2. The van der Waals surface area contributed by atoms with Crippen molar-refractivity contribution in [1.82, 2.24) is 15.5 Å². The summed E-state index contributed by atoms with van der Waals surface area (Å²) in [5, 5.41) is 13.0. The monoisotopic (exact) mass is 251 g/mol. The van der Waals surface area contributed by atoms with Crippen LogP contribution in [-0.4, -0.2) is 34.1 Å². The van der Waals surface area contributed by atoms with Gasteiger partial charge in [0.2, 0.25) is 5.91 Å². The van der Waals surface area contributed by atoms with Crippen LogP contribution in [0.25, 0.3) is 0 Å². The van der Waals surface area contributed by atoms with E-state index in [0.717, 1.165) is 6.54 Å². The smallest absolute Gasteiger partial charge is 0.272 e. The molecule has 0 spiro atoms. The molecule has 1 aromatic heterocycles. The van der Waals surface area contributed by atoms with Crippen molar-refractivity contribution in [2.45, 2.75) is 26.3 Å². The molecule has 7 heteroatoms. The Hall–Kier alpha value is -2.18. The molecule has 0 atom stereocenters. The molecule has 0 radical (unpaired) electrons. The number of carbonyl (C=O) groups excluding carboxylic acids is 2. The van der Waals surface area contributed by atoms with Gasteiger partial charge in [0.25, 0.3) is 5.91 Å². The van der Waals surface area contributed by atoms with Gasteiger partial charge in [0.15, 0.2) is 5.69 Å². The van der Waals surface area contributed by atoms with Crippen LogP contribution in [0.15, 0.2) is 12.1 Å². The second-order valence-electron chi connectivity index (χ2n) is 4.28. The fourth-order valence-electron chi connectivity index (χ4n) is 1.14. The highest BCUT2D eigenvalue weighted by Gasteiger charge is 2.27. The molecule has 0 aliphatic carbocycles. The molecule has 1 heterocycles. The summed E-state index contributed by atoms with van der Waals surface area (Å²) >= 11 is 0. The maximum absolute atomic E-state index is 11.8. The lowest BCUT2D eigenvalue weighted by Crippen LogP contribution is -2.53. The highest BCUT2D eigenvalue weighted by molar-refractivity contribution is 5.97. The normalized spacial score (nSPS) is 10.8. The van der Waals surface area contributed by atoms with E-state index in [0.29, 0.717) is 5.82 Å². The number of hydrogen-bond acceptors (Lipinski definition) is 5. The Kier molecular flexibility index (Phi) is 4.19. The van der Waals surface area contributed by atoms with Crippen molar-refractivity contribution >= 4 is 17.6 Å². The van der Waals surface area contributed by atoms with Crippen molar-refractivity contribution in [1.29, 1.82) is 0 Å². The third kappa shape index (κ3) is 3.41. The molecule has 4 N–H and O–H groups in total. The Morgan fingerprint density at radius 3 is 2.44 bits per heavy atom. The van der Waals surface area contributed by atoms with Crippen LogP contribution in [-0.2, 0) is 4.79 Å². The average Bonchev–Trinajstić information content (AvgIpc) is 2.29. The standard InChI is InChI=1S/C11H17N5O2/c1-4-13-8-6-5-7(15-16-8)9(17)14-11(2,3)10(12)18/h5-6H,4H2,1-3H3,(H2,12,18)(H,13,16)(H,14,17). The van der Waals surface area contributed by atoms with Gasteiger partial charge in [0.1, 0.15) is 11.4 Å². The molecule has 0 aromatic carbocycles. The molecule has 0 fully saturated rings. The number of carbonyl (C=O) groups is 2. The zero-order chi connectivity index (χ0) is 13.8. The Morgan fingerprint density at radius 2 is 2.00 bits per heavy atom. The zero-order valence-electron chi connectivity index (χ0n) is 10.7. The van der Waals surface area contributed by atoms with Crippen LogP contribution in [0.1, 0.15) is 31.3 Å². The number of amides is 2. The first-order valence-electron chi connectivity index (χ1n) is 5.57. The van der Waals surface area contributed by atoms with Gasteiger partial charge in [-0.05, 0) is 32.9 Å². The van der Waals surface area contributed by atoms with E-state index >= 15 is 0 Å². The van der Waals surface area contributed by atoms with E-state index in [2.05, 4.69) is 20.8 Å². The van der Waals surface area contributed by atoms with Crippen molar-refractivity contribution in [3.8, 4) is 0 Å². The number of nitrogens with one attached hydrogen (secondary N) is 2. The predicted molar refractivity (Wildman–Crippen MR) is 66.9 cm³/mol. The summed E-state index contributed by atoms with van der Waals surface area (Å²) in [5.74, 6) is -0.523. The summed E-state index contributed by atoms with van der Waals surface area (Å²) in [6.45, 7) is 5.69. The lowest BCUT2D eigenvalue weighted by Gasteiger charge is -2.21. The number of nitrogens with zero attached hydrogens (tertiary/aromatic N) is 2. The highest BCUT2D eigenvalue weighted by Crippen LogP contribution is 2.05. The molecule has 0 aliphatic rings. The van der Waals surface area contributed by atoms with Crippen molar-refractivity contribution in [2.24, 2.45) is 5.73 Å². The van der Waals surface area contributed by atoms with Crippen LogP contribution in [0.3, 0.4) is 0 Å². The first-order valence-corrected chi connectivity index (χ1v) is 5.57. The molecule has 0 aliphatic heterocycles. The molecule has 18 heavy (non-hydrogen) atoms. The summed E-state index contributed by atoms with van der Waals surface area (Å²) in [5.41, 5.74) is 4.17.